The zero-order chi connectivity index (χ0) is 9.47. The monoisotopic (exact) mass is 180 g/mol. The van der Waals surface area contributed by atoms with Gasteiger partial charge in [0.2, 0.25) is 0 Å². The minimum atomic E-state index is 0.0418. The normalized spacial score (nSPS) is 25.6. The fourth-order valence-corrected chi connectivity index (χ4v) is 2.04. The summed E-state index contributed by atoms with van der Waals surface area (Å²) in [4.78, 5) is 4.12. The van der Waals surface area contributed by atoms with Gasteiger partial charge in [0, 0.05) is 12.2 Å². The van der Waals surface area contributed by atoms with Crippen molar-refractivity contribution in [2.75, 3.05) is 0 Å². The minimum absolute atomic E-state index is 0.0418. The lowest BCUT2D eigenvalue weighted by molar-refractivity contribution is 0.0817. The van der Waals surface area contributed by atoms with Gasteiger partial charge in [0.05, 0.1) is 18.6 Å². The number of rotatable bonds is 2. The summed E-state index contributed by atoms with van der Waals surface area (Å²) in [6.45, 7) is 4.60. The number of hydrogen-bond acceptors (Lipinski definition) is 2. The predicted molar refractivity (Wildman–Crippen MR) is 50.2 cm³/mol. The molecule has 1 aromatic heterocycles. The summed E-state index contributed by atoms with van der Waals surface area (Å²) in [5, 5.41) is 8.88. The molecule has 1 aliphatic carbocycles. The molecule has 0 radical (unpaired) electrons. The van der Waals surface area contributed by atoms with Crippen molar-refractivity contribution in [1.29, 1.82) is 0 Å². The van der Waals surface area contributed by atoms with Crippen LogP contribution in [-0.4, -0.2) is 14.7 Å². The Morgan fingerprint density at radius 1 is 1.69 bits per heavy atom. The van der Waals surface area contributed by atoms with Gasteiger partial charge in [-0.1, -0.05) is 13.8 Å². The summed E-state index contributed by atoms with van der Waals surface area (Å²) >= 11 is 0. The molecule has 3 heteroatoms. The van der Waals surface area contributed by atoms with E-state index < -0.39 is 0 Å². The van der Waals surface area contributed by atoms with Crippen LogP contribution >= 0.6 is 0 Å². The van der Waals surface area contributed by atoms with Crippen molar-refractivity contribution in [3.8, 4) is 0 Å². The molecule has 13 heavy (non-hydrogen) atoms. The fraction of sp³-hybridized carbons (Fsp3) is 0.700. The van der Waals surface area contributed by atoms with Gasteiger partial charge in [-0.25, -0.2) is 4.98 Å². The maximum absolute atomic E-state index is 8.88. The van der Waals surface area contributed by atoms with Gasteiger partial charge in [-0.2, -0.15) is 0 Å². The standard InChI is InChI=1S/C10H16N2O/c1-10(2)4-3-9(10)12-5-8(6-13)11-7-12/h5,7,9,13H,3-4,6H2,1-2H3. The fourth-order valence-electron chi connectivity index (χ4n) is 2.04. The van der Waals surface area contributed by atoms with Gasteiger partial charge >= 0.3 is 0 Å². The Balaban J connectivity index is 2.17. The molecule has 0 aliphatic heterocycles. The second-order valence-corrected chi connectivity index (χ2v) is 4.51. The van der Waals surface area contributed by atoms with Crippen LogP contribution in [0.25, 0.3) is 0 Å². The molecular formula is C10H16N2O. The highest BCUT2D eigenvalue weighted by Crippen LogP contribution is 2.49. The molecule has 1 atom stereocenters. The molecule has 1 N–H and O–H groups in total. The molecule has 0 spiro atoms. The van der Waals surface area contributed by atoms with Crippen molar-refractivity contribution in [3.05, 3.63) is 18.2 Å². The van der Waals surface area contributed by atoms with E-state index in [4.69, 9.17) is 5.11 Å². The van der Waals surface area contributed by atoms with E-state index in [1.54, 1.807) is 0 Å². The van der Waals surface area contributed by atoms with E-state index in [2.05, 4.69) is 23.4 Å². The van der Waals surface area contributed by atoms with Crippen LogP contribution in [0.3, 0.4) is 0 Å². The third kappa shape index (κ3) is 1.37. The first-order valence-electron chi connectivity index (χ1n) is 4.77. The predicted octanol–water partition coefficient (Wildman–Crippen LogP) is 1.74. The van der Waals surface area contributed by atoms with Crippen LogP contribution in [0.1, 0.15) is 38.4 Å². The summed E-state index contributed by atoms with van der Waals surface area (Å²) in [5.74, 6) is 0. The van der Waals surface area contributed by atoms with Crippen molar-refractivity contribution >= 4 is 0 Å². The number of aliphatic hydroxyl groups is 1. The van der Waals surface area contributed by atoms with E-state index in [0.717, 1.165) is 5.69 Å². The van der Waals surface area contributed by atoms with Crippen LogP contribution in [0.5, 0.6) is 0 Å². The van der Waals surface area contributed by atoms with Gasteiger partial charge in [0.25, 0.3) is 0 Å². The molecule has 0 bridgehead atoms. The molecule has 1 aromatic rings. The minimum Gasteiger partial charge on any atom is -0.390 e. The van der Waals surface area contributed by atoms with Crippen LogP contribution in [0.15, 0.2) is 12.5 Å². The average Bonchev–Trinajstić information content (AvgIpc) is 2.51. The van der Waals surface area contributed by atoms with Gasteiger partial charge in [0.15, 0.2) is 0 Å². The van der Waals surface area contributed by atoms with Gasteiger partial charge < -0.3 is 9.67 Å². The molecule has 72 valence electrons. The number of hydrogen-bond donors (Lipinski definition) is 1. The van der Waals surface area contributed by atoms with Crippen molar-refractivity contribution in [2.24, 2.45) is 5.41 Å². The molecule has 3 nitrogen and oxygen atoms in total. The van der Waals surface area contributed by atoms with Gasteiger partial charge in [-0.3, -0.25) is 0 Å². The first kappa shape index (κ1) is 8.75. The maximum Gasteiger partial charge on any atom is 0.0953 e. The quantitative estimate of drug-likeness (QED) is 0.752. The highest BCUT2D eigenvalue weighted by atomic mass is 16.3. The molecule has 1 heterocycles. The third-order valence-corrected chi connectivity index (χ3v) is 3.14. The number of imidazole rings is 1. The van der Waals surface area contributed by atoms with Crippen molar-refractivity contribution in [3.63, 3.8) is 0 Å². The van der Waals surface area contributed by atoms with Crippen LogP contribution in [0, 0.1) is 5.41 Å². The summed E-state index contributed by atoms with van der Waals surface area (Å²) < 4.78 is 2.13. The van der Waals surface area contributed by atoms with Gasteiger partial charge in [-0.05, 0) is 18.3 Å². The van der Waals surface area contributed by atoms with Gasteiger partial charge in [-0.15, -0.1) is 0 Å². The Hall–Kier alpha value is -0.830. The second kappa shape index (κ2) is 2.84. The lowest BCUT2D eigenvalue weighted by atomic mass is 9.67. The van der Waals surface area contributed by atoms with E-state index in [1.165, 1.54) is 12.8 Å². The van der Waals surface area contributed by atoms with E-state index in [1.807, 2.05) is 12.5 Å². The first-order chi connectivity index (χ1) is 6.13. The van der Waals surface area contributed by atoms with Crippen LogP contribution < -0.4 is 0 Å². The third-order valence-electron chi connectivity index (χ3n) is 3.14. The zero-order valence-corrected chi connectivity index (χ0v) is 8.20. The highest BCUT2D eigenvalue weighted by molar-refractivity contribution is 5.01. The van der Waals surface area contributed by atoms with Gasteiger partial charge in [0.1, 0.15) is 0 Å². The highest BCUT2D eigenvalue weighted by Gasteiger charge is 2.39. The molecular weight excluding hydrogens is 164 g/mol. The average molecular weight is 180 g/mol. The lowest BCUT2D eigenvalue weighted by Crippen LogP contribution is -2.36. The van der Waals surface area contributed by atoms with Crippen LogP contribution in [0.4, 0.5) is 0 Å². The van der Waals surface area contributed by atoms with E-state index >= 15 is 0 Å². The molecule has 1 fully saturated rings. The Bertz CT molecular complexity index is 304. The Morgan fingerprint density at radius 2 is 2.46 bits per heavy atom. The Labute approximate surface area is 78.4 Å². The lowest BCUT2D eigenvalue weighted by Gasteiger charge is -2.45. The molecule has 1 unspecified atom stereocenters. The molecule has 0 aromatic carbocycles. The van der Waals surface area contributed by atoms with Crippen molar-refractivity contribution in [2.45, 2.75) is 39.3 Å². The maximum atomic E-state index is 8.88. The molecule has 1 aliphatic rings. The van der Waals surface area contributed by atoms with Crippen molar-refractivity contribution in [1.82, 2.24) is 9.55 Å². The first-order valence-corrected chi connectivity index (χ1v) is 4.77. The van der Waals surface area contributed by atoms with E-state index in [-0.39, 0.29) is 6.61 Å². The summed E-state index contributed by atoms with van der Waals surface area (Å²) in [7, 11) is 0. The molecule has 2 rings (SSSR count). The zero-order valence-electron chi connectivity index (χ0n) is 8.20. The molecule has 1 saturated carbocycles. The topological polar surface area (TPSA) is 38.0 Å². The van der Waals surface area contributed by atoms with E-state index in [0.29, 0.717) is 11.5 Å². The van der Waals surface area contributed by atoms with Crippen LogP contribution in [-0.2, 0) is 6.61 Å². The Morgan fingerprint density at radius 3 is 2.85 bits per heavy atom. The van der Waals surface area contributed by atoms with Crippen LogP contribution in [0.2, 0.25) is 0 Å². The Kier molecular flexibility index (Phi) is 1.91. The molecule has 0 saturated heterocycles. The number of aliphatic hydroxyl groups excluding tert-OH is 1. The number of nitrogens with zero attached hydrogens (tertiary/aromatic N) is 2. The molecule has 0 amide bonds. The summed E-state index contributed by atoms with van der Waals surface area (Å²) in [5.41, 5.74) is 1.16. The largest absolute Gasteiger partial charge is 0.390 e. The number of aromatic nitrogens is 2. The SMILES string of the molecule is CC1(C)CCC1n1cnc(CO)c1. The van der Waals surface area contributed by atoms with E-state index in [9.17, 15) is 0 Å². The summed E-state index contributed by atoms with van der Waals surface area (Å²) in [6.07, 6.45) is 6.29. The van der Waals surface area contributed by atoms with Crippen molar-refractivity contribution < 1.29 is 5.11 Å². The summed E-state index contributed by atoms with van der Waals surface area (Å²) in [6, 6.07) is 0.570. The smallest absolute Gasteiger partial charge is 0.0953 e. The second-order valence-electron chi connectivity index (χ2n) is 4.51.